The summed E-state index contributed by atoms with van der Waals surface area (Å²) in [6, 6.07) is 8.62. The van der Waals surface area contributed by atoms with Gasteiger partial charge in [-0.3, -0.25) is 0 Å². The normalized spacial score (nSPS) is 28.1. The molecule has 0 radical (unpaired) electrons. The molecule has 2 nitrogen and oxygen atoms in total. The lowest BCUT2D eigenvalue weighted by Crippen LogP contribution is -2.29. The van der Waals surface area contributed by atoms with Crippen molar-refractivity contribution in [3.05, 3.63) is 29.8 Å². The lowest BCUT2D eigenvalue weighted by molar-refractivity contribution is 0.0996. The van der Waals surface area contributed by atoms with Gasteiger partial charge < -0.3 is 10.5 Å². The Bertz CT molecular complexity index is 418. The van der Waals surface area contributed by atoms with E-state index in [4.69, 9.17) is 10.5 Å². The van der Waals surface area contributed by atoms with Gasteiger partial charge in [-0.05, 0) is 55.6 Å². The van der Waals surface area contributed by atoms with Gasteiger partial charge in [-0.15, -0.1) is 0 Å². The van der Waals surface area contributed by atoms with Crippen molar-refractivity contribution in [1.29, 1.82) is 0 Å². The molecule has 1 saturated carbocycles. The Morgan fingerprint density at radius 1 is 1.20 bits per heavy atom. The predicted octanol–water partition coefficient (Wildman–Crippen LogP) is 4.17. The fourth-order valence-corrected chi connectivity index (χ4v) is 3.00. The number of hydrogen-bond donors (Lipinski definition) is 1. The van der Waals surface area contributed by atoms with Gasteiger partial charge in [0.15, 0.2) is 0 Å². The van der Waals surface area contributed by atoms with Gasteiger partial charge in [0.05, 0.1) is 6.10 Å². The van der Waals surface area contributed by atoms with Crippen molar-refractivity contribution in [2.45, 2.75) is 65.0 Å². The maximum absolute atomic E-state index is 6.30. The first kappa shape index (κ1) is 15.4. The van der Waals surface area contributed by atoms with Gasteiger partial charge >= 0.3 is 0 Å². The molecular formula is C18H29NO. The van der Waals surface area contributed by atoms with Crippen LogP contribution in [0.15, 0.2) is 24.3 Å². The fraction of sp³-hybridized carbons (Fsp3) is 0.667. The minimum atomic E-state index is 0.227. The Balaban J connectivity index is 2.02. The molecule has 4 unspecified atom stereocenters. The van der Waals surface area contributed by atoms with E-state index in [2.05, 4.69) is 45.0 Å². The van der Waals surface area contributed by atoms with Crippen molar-refractivity contribution >= 4 is 0 Å². The average Bonchev–Trinajstić information content (AvgIpc) is 2.45. The number of ether oxygens (including phenoxy) is 1. The molecule has 0 bridgehead atoms. The molecule has 0 saturated heterocycles. The summed E-state index contributed by atoms with van der Waals surface area (Å²) in [4.78, 5) is 0. The molecule has 2 rings (SSSR count). The monoisotopic (exact) mass is 275 g/mol. The summed E-state index contributed by atoms with van der Waals surface area (Å²) in [7, 11) is 0. The Morgan fingerprint density at radius 3 is 2.65 bits per heavy atom. The van der Waals surface area contributed by atoms with Crippen molar-refractivity contribution in [1.82, 2.24) is 0 Å². The minimum absolute atomic E-state index is 0.227. The highest BCUT2D eigenvalue weighted by molar-refractivity contribution is 5.34. The third kappa shape index (κ3) is 3.99. The zero-order valence-electron chi connectivity index (χ0n) is 13.1. The molecule has 4 atom stereocenters. The Morgan fingerprint density at radius 2 is 1.95 bits per heavy atom. The molecule has 0 spiro atoms. The van der Waals surface area contributed by atoms with E-state index in [-0.39, 0.29) is 6.04 Å². The van der Waals surface area contributed by atoms with Gasteiger partial charge in [0, 0.05) is 6.04 Å². The molecule has 0 aromatic heterocycles. The number of benzene rings is 1. The lowest BCUT2D eigenvalue weighted by Gasteiger charge is -2.32. The zero-order chi connectivity index (χ0) is 14.5. The summed E-state index contributed by atoms with van der Waals surface area (Å²) in [5.74, 6) is 2.64. The first-order chi connectivity index (χ1) is 9.60. The number of rotatable bonds is 5. The van der Waals surface area contributed by atoms with Crippen molar-refractivity contribution < 1.29 is 4.74 Å². The molecule has 0 heterocycles. The van der Waals surface area contributed by atoms with Gasteiger partial charge in [-0.25, -0.2) is 0 Å². The average molecular weight is 275 g/mol. The fourth-order valence-electron chi connectivity index (χ4n) is 3.00. The third-order valence-electron chi connectivity index (χ3n) is 4.82. The first-order valence-electron chi connectivity index (χ1n) is 8.10. The third-order valence-corrected chi connectivity index (χ3v) is 4.82. The minimum Gasteiger partial charge on any atom is -0.490 e. The van der Waals surface area contributed by atoms with Crippen LogP contribution in [0.2, 0.25) is 0 Å². The second kappa shape index (κ2) is 7.12. The van der Waals surface area contributed by atoms with Gasteiger partial charge in [0.25, 0.3) is 0 Å². The van der Waals surface area contributed by atoms with Crippen LogP contribution in [0.25, 0.3) is 0 Å². The van der Waals surface area contributed by atoms with Crippen LogP contribution in [0.1, 0.15) is 52.0 Å². The molecule has 1 aliphatic carbocycles. The van der Waals surface area contributed by atoms with E-state index < -0.39 is 0 Å². The van der Waals surface area contributed by atoms with Gasteiger partial charge in [0.1, 0.15) is 5.75 Å². The molecule has 1 fully saturated rings. The molecule has 112 valence electrons. The van der Waals surface area contributed by atoms with Gasteiger partial charge in [-0.1, -0.05) is 39.0 Å². The van der Waals surface area contributed by atoms with Gasteiger partial charge in [-0.2, -0.15) is 0 Å². The van der Waals surface area contributed by atoms with Crippen molar-refractivity contribution in [3.8, 4) is 5.75 Å². The van der Waals surface area contributed by atoms with E-state index in [0.29, 0.717) is 6.10 Å². The molecule has 1 aliphatic rings. The molecule has 2 N–H and O–H groups in total. The topological polar surface area (TPSA) is 35.2 Å². The Hall–Kier alpha value is -1.02. The van der Waals surface area contributed by atoms with E-state index in [9.17, 15) is 0 Å². The maximum Gasteiger partial charge on any atom is 0.122 e. The summed E-state index contributed by atoms with van der Waals surface area (Å²) >= 11 is 0. The zero-order valence-corrected chi connectivity index (χ0v) is 13.1. The molecule has 1 aromatic carbocycles. The summed E-state index contributed by atoms with van der Waals surface area (Å²) in [6.45, 7) is 6.84. The highest BCUT2D eigenvalue weighted by atomic mass is 16.5. The van der Waals surface area contributed by atoms with Crippen molar-refractivity contribution in [2.75, 3.05) is 0 Å². The van der Waals surface area contributed by atoms with Crippen LogP contribution in [-0.2, 0) is 6.42 Å². The molecule has 1 aromatic rings. The number of hydrogen-bond acceptors (Lipinski definition) is 2. The summed E-state index contributed by atoms with van der Waals surface area (Å²) in [5, 5.41) is 0. The van der Waals surface area contributed by atoms with E-state index in [1.165, 1.54) is 24.8 Å². The summed E-state index contributed by atoms with van der Waals surface area (Å²) in [6.07, 6.45) is 5.93. The SMILES string of the molecule is CCC(N)Cc1ccccc1OC1CCC(C)C(C)C1. The second-order valence-corrected chi connectivity index (χ2v) is 6.49. The Kier molecular flexibility index (Phi) is 5.47. The molecule has 0 amide bonds. The van der Waals surface area contributed by atoms with Crippen molar-refractivity contribution in [2.24, 2.45) is 17.6 Å². The Labute approximate surface area is 123 Å². The largest absolute Gasteiger partial charge is 0.490 e. The number of para-hydroxylation sites is 1. The smallest absolute Gasteiger partial charge is 0.122 e. The second-order valence-electron chi connectivity index (χ2n) is 6.49. The van der Waals surface area contributed by atoms with E-state index in [0.717, 1.165) is 30.4 Å². The van der Waals surface area contributed by atoms with Crippen molar-refractivity contribution in [3.63, 3.8) is 0 Å². The van der Waals surface area contributed by atoms with E-state index in [1.54, 1.807) is 0 Å². The standard InChI is InChI=1S/C18H29NO/c1-4-16(19)12-15-7-5-6-8-18(15)20-17-10-9-13(2)14(3)11-17/h5-8,13-14,16-17H,4,9-12,19H2,1-3H3. The van der Waals surface area contributed by atoms with Crippen LogP contribution in [0.4, 0.5) is 0 Å². The van der Waals surface area contributed by atoms with Crippen LogP contribution in [0.5, 0.6) is 5.75 Å². The molecular weight excluding hydrogens is 246 g/mol. The lowest BCUT2D eigenvalue weighted by atomic mass is 9.80. The molecule has 2 heteroatoms. The van der Waals surface area contributed by atoms with Crippen LogP contribution in [0, 0.1) is 11.8 Å². The number of nitrogens with two attached hydrogens (primary N) is 1. The molecule has 20 heavy (non-hydrogen) atoms. The van der Waals surface area contributed by atoms with Crippen LogP contribution in [-0.4, -0.2) is 12.1 Å². The summed E-state index contributed by atoms with van der Waals surface area (Å²) < 4.78 is 6.30. The van der Waals surface area contributed by atoms with Gasteiger partial charge in [0.2, 0.25) is 0 Å². The summed E-state index contributed by atoms with van der Waals surface area (Å²) in [5.41, 5.74) is 7.35. The highest BCUT2D eigenvalue weighted by Crippen LogP contribution is 2.32. The first-order valence-corrected chi connectivity index (χ1v) is 8.10. The van der Waals surface area contributed by atoms with E-state index >= 15 is 0 Å². The predicted molar refractivity (Wildman–Crippen MR) is 85.0 cm³/mol. The van der Waals surface area contributed by atoms with Crippen LogP contribution >= 0.6 is 0 Å². The maximum atomic E-state index is 6.30. The molecule has 0 aliphatic heterocycles. The van der Waals surface area contributed by atoms with E-state index in [1.807, 2.05) is 0 Å². The van der Waals surface area contributed by atoms with Crippen LogP contribution in [0.3, 0.4) is 0 Å². The van der Waals surface area contributed by atoms with Crippen LogP contribution < -0.4 is 10.5 Å². The highest BCUT2D eigenvalue weighted by Gasteiger charge is 2.26. The quantitative estimate of drug-likeness (QED) is 0.875.